The van der Waals surface area contributed by atoms with Crippen molar-refractivity contribution in [3.05, 3.63) is 28.4 Å². The zero-order chi connectivity index (χ0) is 11.5. The van der Waals surface area contributed by atoms with Gasteiger partial charge >= 0.3 is 0 Å². The van der Waals surface area contributed by atoms with Crippen LogP contribution in [0.25, 0.3) is 5.78 Å². The smallest absolute Gasteiger partial charge is 0.274 e. The quantitative estimate of drug-likeness (QED) is 0.678. The van der Waals surface area contributed by atoms with Crippen molar-refractivity contribution in [1.29, 1.82) is 0 Å². The maximum absolute atomic E-state index is 11.6. The molecule has 86 valence electrons. The van der Waals surface area contributed by atoms with E-state index in [1.807, 2.05) is 11.9 Å². The van der Waals surface area contributed by atoms with Gasteiger partial charge in [0.15, 0.2) is 0 Å². The van der Waals surface area contributed by atoms with Gasteiger partial charge < -0.3 is 5.73 Å². The summed E-state index contributed by atoms with van der Waals surface area (Å²) in [6.45, 7) is 1.94. The van der Waals surface area contributed by atoms with Crippen LogP contribution in [0.1, 0.15) is 5.69 Å². The standard InChI is InChI=1S/C9H14N6O/c1-14(3-2-10)5-7-4-8(16)15-9(13-7)11-6-12-15/h4,6H,2-3,5,10H2,1H3,(H,11,12,13). The number of aromatic nitrogens is 4. The van der Waals surface area contributed by atoms with Gasteiger partial charge in [-0.1, -0.05) is 0 Å². The molecule has 0 fully saturated rings. The van der Waals surface area contributed by atoms with Crippen molar-refractivity contribution in [2.45, 2.75) is 6.54 Å². The van der Waals surface area contributed by atoms with Gasteiger partial charge in [0.1, 0.15) is 6.33 Å². The van der Waals surface area contributed by atoms with Crippen LogP contribution in [0.3, 0.4) is 0 Å². The Morgan fingerprint density at radius 2 is 2.44 bits per heavy atom. The van der Waals surface area contributed by atoms with Crippen molar-refractivity contribution in [2.75, 3.05) is 20.1 Å². The predicted molar refractivity (Wildman–Crippen MR) is 59.0 cm³/mol. The Morgan fingerprint density at radius 3 is 3.19 bits per heavy atom. The van der Waals surface area contributed by atoms with E-state index in [0.29, 0.717) is 24.6 Å². The number of nitrogens with zero attached hydrogens (tertiary/aromatic N) is 4. The number of hydrogen-bond donors (Lipinski definition) is 2. The summed E-state index contributed by atoms with van der Waals surface area (Å²) in [4.78, 5) is 21.8. The number of fused-ring (bicyclic) bond motifs is 1. The van der Waals surface area contributed by atoms with E-state index in [1.165, 1.54) is 16.9 Å². The summed E-state index contributed by atoms with van der Waals surface area (Å²) in [6, 6.07) is 1.50. The van der Waals surface area contributed by atoms with E-state index in [2.05, 4.69) is 15.1 Å². The molecule has 7 nitrogen and oxygen atoms in total. The SMILES string of the molecule is CN(CCN)Cc1cc(=O)n2[nH]cnc2n1. The van der Waals surface area contributed by atoms with Crippen molar-refractivity contribution in [3.8, 4) is 0 Å². The molecule has 0 spiro atoms. The Bertz CT molecular complexity index is 530. The Morgan fingerprint density at radius 1 is 1.62 bits per heavy atom. The maximum atomic E-state index is 11.6. The van der Waals surface area contributed by atoms with Gasteiger partial charge in [-0.05, 0) is 7.05 Å². The minimum Gasteiger partial charge on any atom is -0.329 e. The largest absolute Gasteiger partial charge is 0.329 e. The Labute approximate surface area is 91.9 Å². The Hall–Kier alpha value is -1.73. The van der Waals surface area contributed by atoms with Gasteiger partial charge in [-0.15, -0.1) is 0 Å². The van der Waals surface area contributed by atoms with Crippen LogP contribution in [0, 0.1) is 0 Å². The van der Waals surface area contributed by atoms with Crippen LogP contribution < -0.4 is 11.3 Å². The van der Waals surface area contributed by atoms with Gasteiger partial charge in [-0.2, -0.15) is 4.52 Å². The summed E-state index contributed by atoms with van der Waals surface area (Å²) in [5, 5.41) is 2.69. The molecule has 0 aliphatic heterocycles. The Balaban J connectivity index is 2.28. The highest BCUT2D eigenvalue weighted by Crippen LogP contribution is 1.98. The molecule has 0 saturated carbocycles. The molecule has 0 aromatic carbocycles. The second kappa shape index (κ2) is 4.42. The van der Waals surface area contributed by atoms with E-state index in [4.69, 9.17) is 5.73 Å². The van der Waals surface area contributed by atoms with Crippen LogP contribution >= 0.6 is 0 Å². The van der Waals surface area contributed by atoms with E-state index in [9.17, 15) is 4.79 Å². The molecule has 0 aliphatic carbocycles. The second-order valence-corrected chi connectivity index (χ2v) is 3.63. The van der Waals surface area contributed by atoms with Gasteiger partial charge in [-0.25, -0.2) is 9.97 Å². The Kier molecular flexibility index (Phi) is 2.97. The summed E-state index contributed by atoms with van der Waals surface area (Å²) in [5.41, 5.74) is 5.99. The summed E-state index contributed by atoms with van der Waals surface area (Å²) in [5.74, 6) is 0.392. The average molecular weight is 222 g/mol. The highest BCUT2D eigenvalue weighted by molar-refractivity contribution is 5.25. The van der Waals surface area contributed by atoms with Crippen molar-refractivity contribution in [2.24, 2.45) is 5.73 Å². The van der Waals surface area contributed by atoms with Crippen LogP contribution in [-0.4, -0.2) is 44.6 Å². The van der Waals surface area contributed by atoms with Crippen molar-refractivity contribution in [1.82, 2.24) is 24.5 Å². The van der Waals surface area contributed by atoms with Gasteiger partial charge in [-0.3, -0.25) is 14.8 Å². The highest BCUT2D eigenvalue weighted by Gasteiger charge is 2.05. The van der Waals surface area contributed by atoms with E-state index < -0.39 is 0 Å². The molecule has 0 amide bonds. The van der Waals surface area contributed by atoms with Gasteiger partial charge in [0.25, 0.3) is 11.3 Å². The number of H-pyrrole nitrogens is 1. The van der Waals surface area contributed by atoms with E-state index >= 15 is 0 Å². The van der Waals surface area contributed by atoms with E-state index in [1.54, 1.807) is 0 Å². The number of nitrogens with two attached hydrogens (primary N) is 1. The average Bonchev–Trinajstić information content (AvgIpc) is 2.66. The van der Waals surface area contributed by atoms with Crippen LogP contribution in [0.15, 0.2) is 17.2 Å². The van der Waals surface area contributed by atoms with Crippen molar-refractivity contribution < 1.29 is 0 Å². The zero-order valence-corrected chi connectivity index (χ0v) is 9.05. The zero-order valence-electron chi connectivity index (χ0n) is 9.05. The monoisotopic (exact) mass is 222 g/mol. The second-order valence-electron chi connectivity index (χ2n) is 3.63. The molecule has 0 radical (unpaired) electrons. The topological polar surface area (TPSA) is 92.3 Å². The van der Waals surface area contributed by atoms with Crippen LogP contribution in [0.4, 0.5) is 0 Å². The van der Waals surface area contributed by atoms with Gasteiger partial charge in [0.05, 0.1) is 5.69 Å². The fraction of sp³-hybridized carbons (Fsp3) is 0.444. The first-order chi connectivity index (χ1) is 7.70. The first kappa shape index (κ1) is 10.8. The molecular formula is C9H14N6O. The normalized spacial score (nSPS) is 11.4. The maximum Gasteiger partial charge on any atom is 0.274 e. The summed E-state index contributed by atoms with van der Waals surface area (Å²) in [6.07, 6.45) is 1.44. The molecule has 0 bridgehead atoms. The molecule has 2 heterocycles. The molecule has 0 atom stereocenters. The van der Waals surface area contributed by atoms with Gasteiger partial charge in [0.2, 0.25) is 0 Å². The molecule has 0 saturated heterocycles. The van der Waals surface area contributed by atoms with Crippen LogP contribution in [0.5, 0.6) is 0 Å². The fourth-order valence-electron chi connectivity index (χ4n) is 1.53. The lowest BCUT2D eigenvalue weighted by Crippen LogP contribution is -2.26. The van der Waals surface area contributed by atoms with Gasteiger partial charge in [0, 0.05) is 25.7 Å². The number of likely N-dealkylation sites (N-methyl/N-ethyl adjacent to an activating group) is 1. The summed E-state index contributed by atoms with van der Waals surface area (Å²) < 4.78 is 1.30. The van der Waals surface area contributed by atoms with E-state index in [0.717, 1.165) is 6.54 Å². The molecule has 16 heavy (non-hydrogen) atoms. The highest BCUT2D eigenvalue weighted by atomic mass is 16.1. The first-order valence-electron chi connectivity index (χ1n) is 5.01. The lowest BCUT2D eigenvalue weighted by Gasteiger charge is -2.13. The van der Waals surface area contributed by atoms with Crippen LogP contribution in [-0.2, 0) is 6.54 Å². The summed E-state index contributed by atoms with van der Waals surface area (Å²) >= 11 is 0. The third-order valence-corrected chi connectivity index (χ3v) is 2.26. The molecule has 7 heteroatoms. The number of hydrogen-bond acceptors (Lipinski definition) is 5. The first-order valence-corrected chi connectivity index (χ1v) is 5.01. The summed E-state index contributed by atoms with van der Waals surface area (Å²) in [7, 11) is 1.93. The number of aromatic amines is 1. The van der Waals surface area contributed by atoms with E-state index in [-0.39, 0.29) is 5.56 Å². The molecule has 0 unspecified atom stereocenters. The lowest BCUT2D eigenvalue weighted by atomic mass is 10.3. The van der Waals surface area contributed by atoms with Crippen molar-refractivity contribution >= 4 is 5.78 Å². The molecule has 2 aromatic rings. The minimum absolute atomic E-state index is 0.154. The lowest BCUT2D eigenvalue weighted by molar-refractivity contribution is 0.332. The van der Waals surface area contributed by atoms with Crippen LogP contribution in [0.2, 0.25) is 0 Å². The molecule has 3 N–H and O–H groups in total. The molecule has 2 aromatic heterocycles. The molecular weight excluding hydrogens is 208 g/mol. The molecule has 0 aliphatic rings. The van der Waals surface area contributed by atoms with Crippen molar-refractivity contribution in [3.63, 3.8) is 0 Å². The third kappa shape index (κ3) is 2.10. The third-order valence-electron chi connectivity index (χ3n) is 2.26. The molecule has 2 rings (SSSR count). The minimum atomic E-state index is -0.154. The number of rotatable bonds is 4. The fourth-order valence-corrected chi connectivity index (χ4v) is 1.53. The number of nitrogens with one attached hydrogen (secondary N) is 1. The predicted octanol–water partition coefficient (Wildman–Crippen LogP) is -1.19.